The minimum atomic E-state index is 0.0372. The molecule has 0 aromatic heterocycles. The van der Waals surface area contributed by atoms with Gasteiger partial charge >= 0.3 is 0 Å². The lowest BCUT2D eigenvalue weighted by molar-refractivity contribution is 0.00994. The van der Waals surface area contributed by atoms with Gasteiger partial charge in [0.25, 0.3) is 0 Å². The molecule has 0 saturated heterocycles. The zero-order valence-corrected chi connectivity index (χ0v) is 12.7. The summed E-state index contributed by atoms with van der Waals surface area (Å²) in [7, 11) is 0. The quantitative estimate of drug-likeness (QED) is 0.822. The maximum Gasteiger partial charge on any atom is 0.122 e. The summed E-state index contributed by atoms with van der Waals surface area (Å²) < 4.78 is 12.0. The molecule has 0 saturated carbocycles. The van der Waals surface area contributed by atoms with Crippen LogP contribution in [0.2, 0.25) is 0 Å². The Kier molecular flexibility index (Phi) is 4.26. The van der Waals surface area contributed by atoms with E-state index in [4.69, 9.17) is 9.47 Å². The lowest BCUT2D eigenvalue weighted by Crippen LogP contribution is -2.21. The summed E-state index contributed by atoms with van der Waals surface area (Å²) in [6.45, 7) is 5.72. The summed E-state index contributed by atoms with van der Waals surface area (Å²) in [5, 5.41) is 0. The van der Waals surface area contributed by atoms with Crippen LogP contribution in [0, 0.1) is 0 Å². The highest BCUT2D eigenvalue weighted by Gasteiger charge is 2.21. The Bertz CT molecular complexity index is 604. The molecule has 0 fully saturated rings. The third-order valence-electron chi connectivity index (χ3n) is 4.02. The second kappa shape index (κ2) is 6.31. The van der Waals surface area contributed by atoms with Crippen molar-refractivity contribution in [3.8, 4) is 5.75 Å². The summed E-state index contributed by atoms with van der Waals surface area (Å²) in [5.74, 6) is 1.43. The molecule has 0 bridgehead atoms. The third kappa shape index (κ3) is 3.11. The molecule has 1 heterocycles. The van der Waals surface area contributed by atoms with E-state index < -0.39 is 0 Å². The number of fused-ring (bicyclic) bond motifs is 1. The van der Waals surface area contributed by atoms with Crippen molar-refractivity contribution in [1.29, 1.82) is 0 Å². The summed E-state index contributed by atoms with van der Waals surface area (Å²) in [6.07, 6.45) is 1.03. The smallest absolute Gasteiger partial charge is 0.122 e. The predicted octanol–water partition coefficient (Wildman–Crippen LogP) is 4.50. The van der Waals surface area contributed by atoms with E-state index in [9.17, 15) is 0 Å². The summed E-state index contributed by atoms with van der Waals surface area (Å²) in [6, 6.07) is 16.8. The van der Waals surface area contributed by atoms with Crippen molar-refractivity contribution >= 4 is 0 Å². The van der Waals surface area contributed by atoms with Gasteiger partial charge in [0.1, 0.15) is 18.5 Å². The van der Waals surface area contributed by atoms with Gasteiger partial charge in [0.15, 0.2) is 0 Å². The van der Waals surface area contributed by atoms with Crippen LogP contribution in [-0.2, 0) is 11.2 Å². The molecule has 0 amide bonds. The highest BCUT2D eigenvalue weighted by atomic mass is 16.5. The number of para-hydroxylation sites is 1. The molecule has 2 heteroatoms. The van der Waals surface area contributed by atoms with Gasteiger partial charge in [-0.3, -0.25) is 0 Å². The van der Waals surface area contributed by atoms with Gasteiger partial charge in [0, 0.05) is 0 Å². The number of hydrogen-bond donors (Lipinski definition) is 0. The Hall–Kier alpha value is -1.80. The molecule has 2 nitrogen and oxygen atoms in total. The van der Waals surface area contributed by atoms with Gasteiger partial charge < -0.3 is 9.47 Å². The van der Waals surface area contributed by atoms with Crippen molar-refractivity contribution in [3.05, 3.63) is 65.2 Å². The second-order valence-electron chi connectivity index (χ2n) is 5.81. The van der Waals surface area contributed by atoms with E-state index in [1.165, 1.54) is 16.7 Å². The zero-order chi connectivity index (χ0) is 14.7. The Labute approximate surface area is 126 Å². The van der Waals surface area contributed by atoms with Crippen molar-refractivity contribution in [2.24, 2.45) is 0 Å². The molecule has 0 spiro atoms. The highest BCUT2D eigenvalue weighted by Crippen LogP contribution is 2.30. The van der Waals surface area contributed by atoms with Crippen LogP contribution in [0.25, 0.3) is 0 Å². The highest BCUT2D eigenvalue weighted by molar-refractivity contribution is 5.36. The van der Waals surface area contributed by atoms with Gasteiger partial charge in [-0.2, -0.15) is 0 Å². The Morgan fingerprint density at radius 1 is 1.10 bits per heavy atom. The van der Waals surface area contributed by atoms with Crippen LogP contribution < -0.4 is 4.74 Å². The van der Waals surface area contributed by atoms with Crippen molar-refractivity contribution in [1.82, 2.24) is 0 Å². The minimum Gasteiger partial charge on any atom is -0.490 e. The monoisotopic (exact) mass is 282 g/mol. The lowest BCUT2D eigenvalue weighted by Gasteiger charge is -2.26. The SMILES string of the molecule is CC(C)c1ccccc1OCC1OCCc2ccccc21. The van der Waals surface area contributed by atoms with Gasteiger partial charge in [0.2, 0.25) is 0 Å². The summed E-state index contributed by atoms with van der Waals surface area (Å²) in [5.41, 5.74) is 3.90. The molecule has 1 unspecified atom stereocenters. The Morgan fingerprint density at radius 3 is 2.71 bits per heavy atom. The standard InChI is InChI=1S/C19H22O2/c1-14(2)16-8-5-6-10-18(16)21-13-19-17-9-4-3-7-15(17)11-12-20-19/h3-10,14,19H,11-13H2,1-2H3. The molecule has 2 aromatic carbocycles. The fourth-order valence-electron chi connectivity index (χ4n) is 2.87. The second-order valence-corrected chi connectivity index (χ2v) is 5.81. The van der Waals surface area contributed by atoms with E-state index in [1.807, 2.05) is 12.1 Å². The number of ether oxygens (including phenoxy) is 2. The number of hydrogen-bond acceptors (Lipinski definition) is 2. The van der Waals surface area contributed by atoms with Crippen LogP contribution in [0.4, 0.5) is 0 Å². The summed E-state index contributed by atoms with van der Waals surface area (Å²) in [4.78, 5) is 0. The molecule has 0 N–H and O–H groups in total. The van der Waals surface area contributed by atoms with E-state index in [2.05, 4.69) is 50.2 Å². The van der Waals surface area contributed by atoms with Gasteiger partial charge in [0.05, 0.1) is 6.61 Å². The lowest BCUT2D eigenvalue weighted by atomic mass is 9.98. The molecule has 3 rings (SSSR count). The molecular weight excluding hydrogens is 260 g/mol. The molecule has 2 aromatic rings. The van der Waals surface area contributed by atoms with Crippen molar-refractivity contribution in [3.63, 3.8) is 0 Å². The molecular formula is C19H22O2. The van der Waals surface area contributed by atoms with Crippen LogP contribution in [0.15, 0.2) is 48.5 Å². The molecule has 0 radical (unpaired) electrons. The van der Waals surface area contributed by atoms with Gasteiger partial charge in [-0.25, -0.2) is 0 Å². The van der Waals surface area contributed by atoms with E-state index in [0.717, 1.165) is 18.8 Å². The largest absolute Gasteiger partial charge is 0.490 e. The third-order valence-corrected chi connectivity index (χ3v) is 4.02. The first kappa shape index (κ1) is 14.2. The molecule has 1 aliphatic rings. The maximum atomic E-state index is 6.07. The van der Waals surface area contributed by atoms with Crippen LogP contribution in [-0.4, -0.2) is 13.2 Å². The van der Waals surface area contributed by atoms with Crippen LogP contribution >= 0.6 is 0 Å². The predicted molar refractivity (Wildman–Crippen MR) is 84.9 cm³/mol. The number of benzene rings is 2. The topological polar surface area (TPSA) is 18.5 Å². The molecule has 1 atom stereocenters. The van der Waals surface area contributed by atoms with E-state index in [0.29, 0.717) is 12.5 Å². The fraction of sp³-hybridized carbons (Fsp3) is 0.368. The number of rotatable bonds is 4. The average Bonchev–Trinajstić information content (AvgIpc) is 2.53. The Balaban J connectivity index is 1.75. The fourth-order valence-corrected chi connectivity index (χ4v) is 2.87. The van der Waals surface area contributed by atoms with Crippen molar-refractivity contribution < 1.29 is 9.47 Å². The van der Waals surface area contributed by atoms with Crippen molar-refractivity contribution in [2.45, 2.75) is 32.3 Å². The van der Waals surface area contributed by atoms with Crippen LogP contribution in [0.1, 0.15) is 42.6 Å². The normalized spacial score (nSPS) is 17.6. The van der Waals surface area contributed by atoms with Gasteiger partial charge in [-0.1, -0.05) is 56.3 Å². The van der Waals surface area contributed by atoms with Gasteiger partial charge in [-0.15, -0.1) is 0 Å². The van der Waals surface area contributed by atoms with Crippen molar-refractivity contribution in [2.75, 3.05) is 13.2 Å². The first-order chi connectivity index (χ1) is 10.3. The zero-order valence-electron chi connectivity index (χ0n) is 12.7. The average molecular weight is 282 g/mol. The summed E-state index contributed by atoms with van der Waals surface area (Å²) >= 11 is 0. The van der Waals surface area contributed by atoms with Crippen LogP contribution in [0.3, 0.4) is 0 Å². The first-order valence-corrected chi connectivity index (χ1v) is 7.67. The Morgan fingerprint density at radius 2 is 1.86 bits per heavy atom. The van der Waals surface area contributed by atoms with E-state index in [-0.39, 0.29) is 6.10 Å². The van der Waals surface area contributed by atoms with E-state index in [1.54, 1.807) is 0 Å². The minimum absolute atomic E-state index is 0.0372. The van der Waals surface area contributed by atoms with Gasteiger partial charge in [-0.05, 0) is 35.1 Å². The maximum absolute atomic E-state index is 6.07. The molecule has 0 aliphatic carbocycles. The molecule has 110 valence electrons. The molecule has 1 aliphatic heterocycles. The first-order valence-electron chi connectivity index (χ1n) is 7.67. The van der Waals surface area contributed by atoms with E-state index >= 15 is 0 Å². The molecule has 21 heavy (non-hydrogen) atoms. The van der Waals surface area contributed by atoms with Crippen LogP contribution in [0.5, 0.6) is 5.75 Å².